The summed E-state index contributed by atoms with van der Waals surface area (Å²) in [6.45, 7) is 0.101. The van der Waals surface area contributed by atoms with Gasteiger partial charge in [-0.3, -0.25) is 19.3 Å². The smallest absolute Gasteiger partial charge is 0.325 e. The van der Waals surface area contributed by atoms with Crippen molar-refractivity contribution in [3.8, 4) is 0 Å². The summed E-state index contributed by atoms with van der Waals surface area (Å²) in [5, 5.41) is 1.55. The monoisotopic (exact) mass is 474 g/mol. The normalized spacial score (nSPS) is 15.3. The van der Waals surface area contributed by atoms with Crippen molar-refractivity contribution in [1.29, 1.82) is 0 Å². The van der Waals surface area contributed by atoms with E-state index in [1.807, 2.05) is 41.1 Å². The van der Waals surface area contributed by atoms with Crippen molar-refractivity contribution in [2.45, 2.75) is 6.54 Å². The van der Waals surface area contributed by atoms with E-state index < -0.39 is 23.7 Å². The molecule has 2 aromatic carbocycles. The summed E-state index contributed by atoms with van der Waals surface area (Å²) < 4.78 is 6.58. The molecule has 6 nitrogen and oxygen atoms in total. The Morgan fingerprint density at radius 1 is 1.16 bits per heavy atom. The maximum Gasteiger partial charge on any atom is 0.325 e. The molecule has 2 heterocycles. The van der Waals surface area contributed by atoms with Gasteiger partial charge in [-0.25, -0.2) is 0 Å². The molecule has 1 aliphatic rings. The van der Waals surface area contributed by atoms with Crippen LogP contribution in [0.5, 0.6) is 0 Å². The van der Waals surface area contributed by atoms with Crippen LogP contribution in [0.4, 0.5) is 4.79 Å². The fourth-order valence-corrected chi connectivity index (χ4v) is 4.62. The number of methoxy groups -OCH3 is 1. The Balaban J connectivity index is 1.70. The van der Waals surface area contributed by atoms with Gasteiger partial charge in [-0.05, 0) is 41.6 Å². The number of halogens is 2. The first-order valence-corrected chi connectivity index (χ1v) is 10.8. The van der Waals surface area contributed by atoms with Crippen LogP contribution in [-0.2, 0) is 20.9 Å². The molecule has 1 saturated heterocycles. The number of carbonyl (C=O) groups excluding carboxylic acids is 3. The molecule has 0 atom stereocenters. The average molecular weight is 475 g/mol. The molecule has 9 heteroatoms. The molecule has 0 aliphatic carbocycles. The molecule has 0 N–H and O–H groups in total. The summed E-state index contributed by atoms with van der Waals surface area (Å²) in [7, 11) is 1.21. The van der Waals surface area contributed by atoms with Gasteiger partial charge in [-0.1, -0.05) is 47.5 Å². The van der Waals surface area contributed by atoms with Crippen LogP contribution in [0.3, 0.4) is 0 Å². The van der Waals surface area contributed by atoms with E-state index in [1.165, 1.54) is 7.11 Å². The van der Waals surface area contributed by atoms with E-state index in [0.29, 0.717) is 16.6 Å². The zero-order valence-electron chi connectivity index (χ0n) is 16.3. The number of benzene rings is 2. The first-order chi connectivity index (χ1) is 14.9. The van der Waals surface area contributed by atoms with Gasteiger partial charge in [0.1, 0.15) is 6.54 Å². The van der Waals surface area contributed by atoms with Crippen molar-refractivity contribution < 1.29 is 19.1 Å². The summed E-state index contributed by atoms with van der Waals surface area (Å²) in [6.07, 6.45) is 3.58. The van der Waals surface area contributed by atoms with Crippen molar-refractivity contribution in [1.82, 2.24) is 9.47 Å². The standard InChI is InChI=1S/C22H16Cl2N2O4S/c1-30-20(27)12-26-21(28)19(31-22(26)29)8-14-11-25(18-5-3-2-4-16(14)18)10-13-6-7-15(23)9-17(13)24/h2-9,11H,10,12H2,1H3/b19-8+. The highest BCUT2D eigenvalue weighted by Gasteiger charge is 2.36. The molecule has 31 heavy (non-hydrogen) atoms. The summed E-state index contributed by atoms with van der Waals surface area (Å²) >= 11 is 13.1. The Labute approximate surface area is 192 Å². The number of imide groups is 1. The van der Waals surface area contributed by atoms with Gasteiger partial charge >= 0.3 is 5.97 Å². The van der Waals surface area contributed by atoms with Crippen molar-refractivity contribution in [2.75, 3.05) is 13.7 Å². The van der Waals surface area contributed by atoms with Crippen LogP contribution in [0, 0.1) is 0 Å². The maximum atomic E-state index is 12.7. The number of aromatic nitrogens is 1. The largest absolute Gasteiger partial charge is 0.468 e. The van der Waals surface area contributed by atoms with Gasteiger partial charge in [-0.2, -0.15) is 0 Å². The van der Waals surface area contributed by atoms with E-state index in [0.717, 1.165) is 38.7 Å². The van der Waals surface area contributed by atoms with Crippen LogP contribution >= 0.6 is 35.0 Å². The Morgan fingerprint density at radius 2 is 1.94 bits per heavy atom. The topological polar surface area (TPSA) is 68.6 Å². The lowest BCUT2D eigenvalue weighted by atomic mass is 10.1. The second kappa shape index (κ2) is 8.78. The second-order valence-electron chi connectivity index (χ2n) is 6.81. The van der Waals surface area contributed by atoms with Crippen LogP contribution in [0.1, 0.15) is 11.1 Å². The van der Waals surface area contributed by atoms with E-state index in [4.69, 9.17) is 23.2 Å². The lowest BCUT2D eigenvalue weighted by Crippen LogP contribution is -2.34. The average Bonchev–Trinajstić information content (AvgIpc) is 3.22. The molecule has 0 radical (unpaired) electrons. The van der Waals surface area contributed by atoms with Crippen molar-refractivity contribution >= 4 is 69.1 Å². The molecule has 0 bridgehead atoms. The van der Waals surface area contributed by atoms with E-state index >= 15 is 0 Å². The second-order valence-corrected chi connectivity index (χ2v) is 8.65. The predicted octanol–water partition coefficient (Wildman–Crippen LogP) is 5.21. The molecule has 2 amide bonds. The molecule has 1 aromatic heterocycles. The zero-order chi connectivity index (χ0) is 22.1. The Hall–Kier alpha value is -2.74. The molecule has 0 spiro atoms. The summed E-state index contributed by atoms with van der Waals surface area (Å²) in [5.41, 5.74) is 2.63. The molecular formula is C22H16Cl2N2O4S. The Kier molecular flexibility index (Phi) is 6.09. The number of esters is 1. The van der Waals surface area contributed by atoms with Crippen molar-refractivity contribution in [2.24, 2.45) is 0 Å². The number of fused-ring (bicyclic) bond motifs is 1. The van der Waals surface area contributed by atoms with Crippen molar-refractivity contribution in [3.05, 3.63) is 74.7 Å². The molecule has 4 rings (SSSR count). The minimum Gasteiger partial charge on any atom is -0.468 e. The molecule has 0 saturated carbocycles. The fraction of sp³-hybridized carbons (Fsp3) is 0.136. The first-order valence-electron chi connectivity index (χ1n) is 9.21. The Bertz CT molecular complexity index is 1250. The number of rotatable bonds is 5. The maximum absolute atomic E-state index is 12.7. The number of nitrogens with zero attached hydrogens (tertiary/aromatic N) is 2. The number of para-hydroxylation sites is 1. The minimum absolute atomic E-state index is 0.251. The summed E-state index contributed by atoms with van der Waals surface area (Å²) in [4.78, 5) is 37.5. The van der Waals surface area contributed by atoms with Crippen LogP contribution < -0.4 is 0 Å². The lowest BCUT2D eigenvalue weighted by molar-refractivity contribution is -0.143. The van der Waals surface area contributed by atoms with E-state index in [-0.39, 0.29) is 4.91 Å². The summed E-state index contributed by atoms with van der Waals surface area (Å²) in [6, 6.07) is 13.1. The lowest BCUT2D eigenvalue weighted by Gasteiger charge is -2.09. The van der Waals surface area contributed by atoms with Gasteiger partial charge in [-0.15, -0.1) is 0 Å². The van der Waals surface area contributed by atoms with E-state index in [9.17, 15) is 14.4 Å². The fourth-order valence-electron chi connectivity index (χ4n) is 3.33. The van der Waals surface area contributed by atoms with Gasteiger partial charge in [0.25, 0.3) is 11.1 Å². The number of amides is 2. The number of thioether (sulfide) groups is 1. The minimum atomic E-state index is -0.653. The highest BCUT2D eigenvalue weighted by atomic mass is 35.5. The van der Waals surface area contributed by atoms with Crippen LogP contribution in [0.2, 0.25) is 10.0 Å². The van der Waals surface area contributed by atoms with E-state index in [1.54, 1.807) is 18.2 Å². The van der Waals surface area contributed by atoms with Crippen LogP contribution in [0.15, 0.2) is 53.6 Å². The molecule has 1 fully saturated rings. The van der Waals surface area contributed by atoms with E-state index in [2.05, 4.69) is 4.74 Å². The van der Waals surface area contributed by atoms with Gasteiger partial charge in [0.2, 0.25) is 0 Å². The molecule has 3 aromatic rings. The number of carbonyl (C=O) groups is 3. The van der Waals surface area contributed by atoms with Gasteiger partial charge < -0.3 is 9.30 Å². The molecule has 158 valence electrons. The van der Waals surface area contributed by atoms with Gasteiger partial charge in [0.15, 0.2) is 0 Å². The molecule has 1 aliphatic heterocycles. The third kappa shape index (κ3) is 4.35. The highest BCUT2D eigenvalue weighted by molar-refractivity contribution is 8.18. The quantitative estimate of drug-likeness (QED) is 0.375. The third-order valence-electron chi connectivity index (χ3n) is 4.85. The highest BCUT2D eigenvalue weighted by Crippen LogP contribution is 2.34. The number of ether oxygens (including phenoxy) is 1. The summed E-state index contributed by atoms with van der Waals surface area (Å²) in [5.74, 6) is -1.17. The SMILES string of the molecule is COC(=O)CN1C(=O)S/C(=C/c2cn(Cc3ccc(Cl)cc3Cl)c3ccccc23)C1=O. The van der Waals surface area contributed by atoms with Gasteiger partial charge in [0.05, 0.1) is 12.0 Å². The predicted molar refractivity (Wildman–Crippen MR) is 122 cm³/mol. The van der Waals surface area contributed by atoms with Crippen LogP contribution in [0.25, 0.3) is 17.0 Å². The number of hydrogen-bond acceptors (Lipinski definition) is 5. The van der Waals surface area contributed by atoms with Crippen LogP contribution in [-0.4, -0.2) is 40.2 Å². The molecular weight excluding hydrogens is 459 g/mol. The Morgan fingerprint density at radius 3 is 2.68 bits per heavy atom. The number of hydrogen-bond donors (Lipinski definition) is 0. The molecule has 0 unspecified atom stereocenters. The zero-order valence-corrected chi connectivity index (χ0v) is 18.6. The third-order valence-corrected chi connectivity index (χ3v) is 6.34. The van der Waals surface area contributed by atoms with Gasteiger partial charge in [0, 0.05) is 39.3 Å². The first kappa shape index (κ1) is 21.5. The van der Waals surface area contributed by atoms with Crippen molar-refractivity contribution in [3.63, 3.8) is 0 Å².